The van der Waals surface area contributed by atoms with Crippen molar-refractivity contribution in [1.82, 2.24) is 14.5 Å². The van der Waals surface area contributed by atoms with Crippen molar-refractivity contribution in [3.8, 4) is 0 Å². The minimum atomic E-state index is -3.73. The van der Waals surface area contributed by atoms with E-state index >= 15 is 0 Å². The molecule has 1 heterocycles. The molecule has 0 fully saturated rings. The topological polar surface area (TPSA) is 55.2 Å². The molecule has 0 bridgehead atoms. The number of halogens is 1. The van der Waals surface area contributed by atoms with E-state index < -0.39 is 9.05 Å². The van der Waals surface area contributed by atoms with Crippen molar-refractivity contribution in [3.05, 3.63) is 12.0 Å². The summed E-state index contributed by atoms with van der Waals surface area (Å²) >= 11 is 0. The Balaban J connectivity index is 2.97. The first-order valence-corrected chi connectivity index (χ1v) is 7.81. The first kappa shape index (κ1) is 14.5. The Bertz CT molecular complexity index is 468. The normalized spacial score (nSPS) is 12.3. The maximum absolute atomic E-state index is 11.2. The van der Waals surface area contributed by atoms with E-state index in [1.165, 1.54) is 6.20 Å². The summed E-state index contributed by atoms with van der Waals surface area (Å²) in [7, 11) is 5.49. The second-order valence-electron chi connectivity index (χ2n) is 4.18. The molecule has 98 valence electrons. The van der Waals surface area contributed by atoms with Crippen LogP contribution in [0.4, 0.5) is 0 Å². The van der Waals surface area contributed by atoms with Crippen LogP contribution in [0.2, 0.25) is 0 Å². The number of aryl methyl sites for hydroxylation is 1. The predicted octanol–water partition coefficient (Wildman–Crippen LogP) is 1.32. The smallest absolute Gasteiger partial charge is 0.280 e. The van der Waals surface area contributed by atoms with Gasteiger partial charge in [0.1, 0.15) is 5.82 Å². The quantitative estimate of drug-likeness (QED) is 0.737. The number of imidazole rings is 1. The van der Waals surface area contributed by atoms with Crippen molar-refractivity contribution in [2.45, 2.75) is 31.3 Å². The molecule has 1 rings (SSSR count). The molecule has 0 unspecified atom stereocenters. The van der Waals surface area contributed by atoms with Crippen molar-refractivity contribution in [1.29, 1.82) is 0 Å². The lowest BCUT2D eigenvalue weighted by Crippen LogP contribution is -2.19. The Morgan fingerprint density at radius 2 is 2.12 bits per heavy atom. The van der Waals surface area contributed by atoms with Gasteiger partial charge in [0.15, 0.2) is 5.03 Å². The van der Waals surface area contributed by atoms with E-state index in [0.29, 0.717) is 6.54 Å². The van der Waals surface area contributed by atoms with Gasteiger partial charge < -0.3 is 9.47 Å². The third kappa shape index (κ3) is 4.29. The fourth-order valence-electron chi connectivity index (χ4n) is 1.47. The van der Waals surface area contributed by atoms with Crippen LogP contribution in [-0.4, -0.2) is 43.5 Å². The summed E-state index contributed by atoms with van der Waals surface area (Å²) < 4.78 is 24.3. The van der Waals surface area contributed by atoms with Crippen LogP contribution >= 0.6 is 10.7 Å². The fourth-order valence-corrected chi connectivity index (χ4v) is 2.16. The molecule has 0 aromatic carbocycles. The Hall–Kier alpha value is -0.590. The van der Waals surface area contributed by atoms with Crippen LogP contribution in [0.15, 0.2) is 11.2 Å². The standard InChI is InChI=1S/C10H18ClN3O2S/c1-4-5-9-12-10(17(11,15)16)8-14(9)7-6-13(2)3/h8H,4-7H2,1-3H3. The van der Waals surface area contributed by atoms with Crippen molar-refractivity contribution in [3.63, 3.8) is 0 Å². The highest BCUT2D eigenvalue weighted by atomic mass is 35.7. The maximum atomic E-state index is 11.2. The number of likely N-dealkylation sites (N-methyl/N-ethyl adjacent to an activating group) is 1. The molecule has 0 amide bonds. The second-order valence-corrected chi connectivity index (χ2v) is 6.69. The number of rotatable bonds is 6. The van der Waals surface area contributed by atoms with Crippen LogP contribution in [0.25, 0.3) is 0 Å². The molecule has 0 saturated heterocycles. The molecule has 0 atom stereocenters. The van der Waals surface area contributed by atoms with E-state index in [-0.39, 0.29) is 5.03 Å². The van der Waals surface area contributed by atoms with Gasteiger partial charge in [0.05, 0.1) is 0 Å². The molecular formula is C10H18ClN3O2S. The third-order valence-electron chi connectivity index (χ3n) is 2.35. The van der Waals surface area contributed by atoms with Gasteiger partial charge in [0.25, 0.3) is 9.05 Å². The molecule has 0 spiro atoms. The van der Waals surface area contributed by atoms with Crippen molar-refractivity contribution in [2.75, 3.05) is 20.6 Å². The van der Waals surface area contributed by atoms with Crippen LogP contribution in [0.3, 0.4) is 0 Å². The summed E-state index contributed by atoms with van der Waals surface area (Å²) in [5.74, 6) is 0.772. The molecule has 1 aromatic rings. The maximum Gasteiger partial charge on any atom is 0.280 e. The van der Waals surface area contributed by atoms with Gasteiger partial charge in [0.2, 0.25) is 0 Å². The predicted molar refractivity (Wildman–Crippen MR) is 67.8 cm³/mol. The first-order valence-electron chi connectivity index (χ1n) is 5.50. The fraction of sp³-hybridized carbons (Fsp3) is 0.700. The first-order chi connectivity index (χ1) is 7.84. The zero-order valence-corrected chi connectivity index (χ0v) is 11.9. The Labute approximate surface area is 107 Å². The average molecular weight is 280 g/mol. The van der Waals surface area contributed by atoms with E-state index in [0.717, 1.165) is 25.2 Å². The molecule has 0 aliphatic rings. The van der Waals surface area contributed by atoms with E-state index in [2.05, 4.69) is 4.98 Å². The molecule has 1 aromatic heterocycles. The highest BCUT2D eigenvalue weighted by molar-refractivity contribution is 8.13. The minimum absolute atomic E-state index is 0.0543. The Morgan fingerprint density at radius 1 is 1.47 bits per heavy atom. The van der Waals surface area contributed by atoms with Crippen molar-refractivity contribution >= 4 is 19.7 Å². The molecule has 0 N–H and O–H groups in total. The summed E-state index contributed by atoms with van der Waals surface area (Å²) in [5.41, 5.74) is 0. The minimum Gasteiger partial charge on any atom is -0.332 e. The molecule has 17 heavy (non-hydrogen) atoms. The van der Waals surface area contributed by atoms with Gasteiger partial charge in [-0.25, -0.2) is 13.4 Å². The number of nitrogens with zero attached hydrogens (tertiary/aromatic N) is 3. The van der Waals surface area contributed by atoms with E-state index in [1.807, 2.05) is 30.5 Å². The zero-order chi connectivity index (χ0) is 13.1. The summed E-state index contributed by atoms with van der Waals surface area (Å²) in [6.07, 6.45) is 3.18. The van der Waals surface area contributed by atoms with Crippen molar-refractivity contribution in [2.24, 2.45) is 0 Å². The van der Waals surface area contributed by atoms with Crippen LogP contribution in [0.1, 0.15) is 19.2 Å². The Morgan fingerprint density at radius 3 is 2.59 bits per heavy atom. The highest BCUT2D eigenvalue weighted by Gasteiger charge is 2.17. The molecule has 7 heteroatoms. The van der Waals surface area contributed by atoms with Gasteiger partial charge in [-0.1, -0.05) is 6.92 Å². The van der Waals surface area contributed by atoms with E-state index in [1.54, 1.807) is 0 Å². The summed E-state index contributed by atoms with van der Waals surface area (Å²) in [4.78, 5) is 6.11. The Kier molecular flexibility index (Phi) is 4.97. The molecule has 0 radical (unpaired) electrons. The highest BCUT2D eigenvalue weighted by Crippen LogP contribution is 2.15. The largest absolute Gasteiger partial charge is 0.332 e. The van der Waals surface area contributed by atoms with Gasteiger partial charge in [0, 0.05) is 36.4 Å². The summed E-state index contributed by atoms with van der Waals surface area (Å²) in [5, 5.41) is -0.0543. The second kappa shape index (κ2) is 5.84. The van der Waals surface area contributed by atoms with E-state index in [9.17, 15) is 8.42 Å². The molecule has 0 saturated carbocycles. The monoisotopic (exact) mass is 279 g/mol. The van der Waals surface area contributed by atoms with Gasteiger partial charge in [-0.2, -0.15) is 0 Å². The number of aromatic nitrogens is 2. The van der Waals surface area contributed by atoms with Gasteiger partial charge >= 0.3 is 0 Å². The van der Waals surface area contributed by atoms with Crippen LogP contribution in [0, 0.1) is 0 Å². The van der Waals surface area contributed by atoms with Gasteiger partial charge in [-0.15, -0.1) is 0 Å². The lowest BCUT2D eigenvalue weighted by Gasteiger charge is -2.11. The molecule has 5 nitrogen and oxygen atoms in total. The summed E-state index contributed by atoms with van der Waals surface area (Å²) in [6.45, 7) is 3.57. The average Bonchev–Trinajstić information content (AvgIpc) is 2.58. The van der Waals surface area contributed by atoms with Crippen molar-refractivity contribution < 1.29 is 8.42 Å². The van der Waals surface area contributed by atoms with Gasteiger partial charge in [-0.05, 0) is 20.5 Å². The number of hydrogen-bond donors (Lipinski definition) is 0. The lowest BCUT2D eigenvalue weighted by atomic mass is 10.3. The lowest BCUT2D eigenvalue weighted by molar-refractivity contribution is 0.380. The van der Waals surface area contributed by atoms with E-state index in [4.69, 9.17) is 10.7 Å². The molecular weight excluding hydrogens is 262 g/mol. The zero-order valence-electron chi connectivity index (χ0n) is 10.4. The molecule has 0 aliphatic heterocycles. The number of hydrogen-bond acceptors (Lipinski definition) is 4. The SMILES string of the molecule is CCCc1nc(S(=O)(=O)Cl)cn1CCN(C)C. The van der Waals surface area contributed by atoms with Crippen LogP contribution in [0.5, 0.6) is 0 Å². The van der Waals surface area contributed by atoms with Crippen LogP contribution < -0.4 is 0 Å². The molecule has 0 aliphatic carbocycles. The van der Waals surface area contributed by atoms with Crippen LogP contribution in [-0.2, 0) is 22.0 Å². The van der Waals surface area contributed by atoms with Gasteiger partial charge in [-0.3, -0.25) is 0 Å². The third-order valence-corrected chi connectivity index (χ3v) is 3.52. The summed E-state index contributed by atoms with van der Waals surface area (Å²) in [6, 6.07) is 0.